The van der Waals surface area contributed by atoms with Gasteiger partial charge in [0, 0.05) is 16.4 Å². The molecule has 0 saturated heterocycles. The van der Waals surface area contributed by atoms with Crippen molar-refractivity contribution in [2.75, 3.05) is 11.4 Å². The number of aliphatic carboxylic acids is 1. The van der Waals surface area contributed by atoms with Gasteiger partial charge in [0.1, 0.15) is 12.4 Å². The molecule has 0 atom stereocenters. The first kappa shape index (κ1) is 22.4. The number of amides is 1. The summed E-state index contributed by atoms with van der Waals surface area (Å²) in [6, 6.07) is 13.3. The average molecular weight is 442 g/mol. The van der Waals surface area contributed by atoms with Gasteiger partial charge in [-0.1, -0.05) is 45.0 Å². The van der Waals surface area contributed by atoms with E-state index in [1.807, 2.05) is 10.3 Å². The monoisotopic (exact) mass is 441 g/mol. The molecule has 0 unspecified atom stereocenters. The Hall–Kier alpha value is -3.26. The SMILES string of the molecule is CC(C)(C)c1csc(N(Cc2ccc(C(=O)NCC(=O)O)cc2)c2ccccc2F)n1. The van der Waals surface area contributed by atoms with Gasteiger partial charge in [0.25, 0.3) is 5.91 Å². The van der Waals surface area contributed by atoms with Gasteiger partial charge < -0.3 is 15.3 Å². The van der Waals surface area contributed by atoms with Crippen LogP contribution < -0.4 is 10.2 Å². The molecule has 0 bridgehead atoms. The van der Waals surface area contributed by atoms with E-state index >= 15 is 0 Å². The van der Waals surface area contributed by atoms with Crippen LogP contribution in [0, 0.1) is 5.82 Å². The summed E-state index contributed by atoms with van der Waals surface area (Å²) in [5.74, 6) is -1.92. The summed E-state index contributed by atoms with van der Waals surface area (Å²) in [7, 11) is 0. The highest BCUT2D eigenvalue weighted by Crippen LogP contribution is 2.35. The zero-order valence-electron chi connectivity index (χ0n) is 17.6. The number of para-hydroxylation sites is 1. The molecule has 0 saturated carbocycles. The molecule has 3 aromatic rings. The van der Waals surface area contributed by atoms with Crippen molar-refractivity contribution < 1.29 is 19.1 Å². The first-order valence-corrected chi connectivity index (χ1v) is 10.6. The number of carbonyl (C=O) groups excluding carboxylic acids is 1. The minimum atomic E-state index is -1.11. The van der Waals surface area contributed by atoms with Crippen LogP contribution in [0.4, 0.5) is 15.2 Å². The van der Waals surface area contributed by atoms with Crippen molar-refractivity contribution in [3.63, 3.8) is 0 Å². The number of hydrogen-bond acceptors (Lipinski definition) is 5. The molecule has 3 rings (SSSR count). The fraction of sp³-hybridized carbons (Fsp3) is 0.261. The van der Waals surface area contributed by atoms with Gasteiger partial charge in [-0.15, -0.1) is 11.3 Å². The molecule has 1 heterocycles. The predicted octanol–water partition coefficient (Wildman–Crippen LogP) is 4.73. The number of benzene rings is 2. The lowest BCUT2D eigenvalue weighted by molar-refractivity contribution is -0.135. The summed E-state index contributed by atoms with van der Waals surface area (Å²) in [6.45, 7) is 6.14. The number of anilines is 2. The number of halogens is 1. The van der Waals surface area contributed by atoms with Crippen LogP contribution in [0.2, 0.25) is 0 Å². The second-order valence-corrected chi connectivity index (χ2v) is 8.91. The van der Waals surface area contributed by atoms with E-state index in [1.54, 1.807) is 42.5 Å². The van der Waals surface area contributed by atoms with Crippen molar-refractivity contribution >= 4 is 34.0 Å². The average Bonchev–Trinajstić information content (AvgIpc) is 3.22. The topological polar surface area (TPSA) is 82.5 Å². The third kappa shape index (κ3) is 5.67. The van der Waals surface area contributed by atoms with Crippen LogP contribution in [-0.2, 0) is 16.8 Å². The fourth-order valence-corrected chi connectivity index (χ4v) is 3.93. The van der Waals surface area contributed by atoms with Crippen molar-refractivity contribution in [2.45, 2.75) is 32.7 Å². The molecule has 2 aromatic carbocycles. The molecule has 31 heavy (non-hydrogen) atoms. The molecular formula is C23H24FN3O3S. The van der Waals surface area contributed by atoms with Crippen LogP contribution in [0.3, 0.4) is 0 Å². The van der Waals surface area contributed by atoms with E-state index in [1.165, 1.54) is 17.4 Å². The minimum Gasteiger partial charge on any atom is -0.480 e. The van der Waals surface area contributed by atoms with Crippen molar-refractivity contribution in [2.24, 2.45) is 0 Å². The largest absolute Gasteiger partial charge is 0.480 e. The highest BCUT2D eigenvalue weighted by molar-refractivity contribution is 7.13. The maximum atomic E-state index is 14.6. The molecule has 2 N–H and O–H groups in total. The van der Waals surface area contributed by atoms with Gasteiger partial charge in [-0.2, -0.15) is 0 Å². The van der Waals surface area contributed by atoms with E-state index in [-0.39, 0.29) is 11.2 Å². The van der Waals surface area contributed by atoms with Crippen LogP contribution in [0.5, 0.6) is 0 Å². The number of carbonyl (C=O) groups is 2. The zero-order chi connectivity index (χ0) is 22.6. The number of rotatable bonds is 7. The number of carboxylic acids is 1. The number of nitrogens with one attached hydrogen (secondary N) is 1. The van der Waals surface area contributed by atoms with Crippen LogP contribution in [-0.4, -0.2) is 28.5 Å². The Kier molecular flexibility index (Phi) is 6.70. The van der Waals surface area contributed by atoms with Gasteiger partial charge in [0.2, 0.25) is 0 Å². The van der Waals surface area contributed by atoms with E-state index in [4.69, 9.17) is 10.1 Å². The summed E-state index contributed by atoms with van der Waals surface area (Å²) < 4.78 is 14.6. The van der Waals surface area contributed by atoms with Gasteiger partial charge in [0.05, 0.1) is 17.9 Å². The van der Waals surface area contributed by atoms with Crippen LogP contribution >= 0.6 is 11.3 Å². The first-order valence-electron chi connectivity index (χ1n) is 9.72. The molecule has 6 nitrogen and oxygen atoms in total. The minimum absolute atomic E-state index is 0.124. The number of carboxylic acid groups (broad SMARTS) is 1. The quantitative estimate of drug-likeness (QED) is 0.554. The molecule has 1 aromatic heterocycles. The summed E-state index contributed by atoms with van der Waals surface area (Å²) in [5.41, 5.74) is 2.43. The maximum absolute atomic E-state index is 14.6. The molecule has 0 aliphatic rings. The van der Waals surface area contributed by atoms with Crippen molar-refractivity contribution in [3.8, 4) is 0 Å². The smallest absolute Gasteiger partial charge is 0.322 e. The van der Waals surface area contributed by atoms with Gasteiger partial charge in [0.15, 0.2) is 5.13 Å². The Balaban J connectivity index is 1.87. The van der Waals surface area contributed by atoms with E-state index < -0.39 is 18.4 Å². The Morgan fingerprint density at radius 2 is 1.81 bits per heavy atom. The Bertz CT molecular complexity index is 1070. The van der Waals surface area contributed by atoms with Crippen molar-refractivity contribution in [3.05, 3.63) is 76.5 Å². The van der Waals surface area contributed by atoms with Gasteiger partial charge >= 0.3 is 5.97 Å². The summed E-state index contributed by atoms with van der Waals surface area (Å²) >= 11 is 1.45. The normalized spacial score (nSPS) is 11.2. The number of aromatic nitrogens is 1. The Morgan fingerprint density at radius 1 is 1.13 bits per heavy atom. The zero-order valence-corrected chi connectivity index (χ0v) is 18.4. The molecule has 162 valence electrons. The summed E-state index contributed by atoms with van der Waals surface area (Å²) in [4.78, 5) is 29.2. The second kappa shape index (κ2) is 9.26. The van der Waals surface area contributed by atoms with E-state index in [9.17, 15) is 14.0 Å². The van der Waals surface area contributed by atoms with E-state index in [0.717, 1.165) is 11.3 Å². The predicted molar refractivity (Wildman–Crippen MR) is 119 cm³/mol. The lowest BCUT2D eigenvalue weighted by Crippen LogP contribution is -2.29. The highest BCUT2D eigenvalue weighted by Gasteiger charge is 2.22. The van der Waals surface area contributed by atoms with Gasteiger partial charge in [-0.05, 0) is 29.8 Å². The third-order valence-electron chi connectivity index (χ3n) is 4.59. The molecule has 0 aliphatic heterocycles. The number of nitrogens with zero attached hydrogens (tertiary/aromatic N) is 2. The highest BCUT2D eigenvalue weighted by atomic mass is 32.1. The first-order chi connectivity index (χ1) is 14.6. The molecule has 0 fully saturated rings. The van der Waals surface area contributed by atoms with Crippen LogP contribution in [0.25, 0.3) is 0 Å². The Morgan fingerprint density at radius 3 is 2.39 bits per heavy atom. The second-order valence-electron chi connectivity index (χ2n) is 8.08. The molecule has 0 spiro atoms. The van der Waals surface area contributed by atoms with Gasteiger partial charge in [-0.3, -0.25) is 9.59 Å². The molecule has 1 amide bonds. The molecule has 0 radical (unpaired) electrons. The number of thiazole rings is 1. The lowest BCUT2D eigenvalue weighted by atomic mass is 9.93. The molecule has 0 aliphatic carbocycles. The molecule has 8 heteroatoms. The van der Waals surface area contributed by atoms with Crippen molar-refractivity contribution in [1.82, 2.24) is 10.3 Å². The fourth-order valence-electron chi connectivity index (χ4n) is 2.86. The summed E-state index contributed by atoms with van der Waals surface area (Å²) in [5, 5.41) is 13.7. The standard InChI is InChI=1S/C23H24FN3O3S/c1-23(2,3)19-14-31-22(26-19)27(18-7-5-4-6-17(18)24)13-15-8-10-16(11-9-15)21(30)25-12-20(28)29/h4-11,14H,12-13H2,1-3H3,(H,25,30)(H,28,29). The maximum Gasteiger partial charge on any atom is 0.322 e. The van der Waals surface area contributed by atoms with Gasteiger partial charge in [-0.25, -0.2) is 9.37 Å². The van der Waals surface area contributed by atoms with Crippen LogP contribution in [0.1, 0.15) is 42.4 Å². The van der Waals surface area contributed by atoms with E-state index in [2.05, 4.69) is 26.1 Å². The summed E-state index contributed by atoms with van der Waals surface area (Å²) in [6.07, 6.45) is 0. The van der Waals surface area contributed by atoms with Crippen molar-refractivity contribution in [1.29, 1.82) is 0 Å². The Labute approximate surface area is 184 Å². The number of hydrogen-bond donors (Lipinski definition) is 2. The van der Waals surface area contributed by atoms with Crippen LogP contribution in [0.15, 0.2) is 53.9 Å². The lowest BCUT2D eigenvalue weighted by Gasteiger charge is -2.23. The van der Waals surface area contributed by atoms with E-state index in [0.29, 0.717) is 22.9 Å². The molecular weight excluding hydrogens is 417 g/mol. The third-order valence-corrected chi connectivity index (χ3v) is 5.46.